The summed E-state index contributed by atoms with van der Waals surface area (Å²) in [6.07, 6.45) is 1.54. The van der Waals surface area contributed by atoms with Crippen LogP contribution in [0.15, 0.2) is 78.8 Å². The van der Waals surface area contributed by atoms with Crippen LogP contribution < -0.4 is 11.1 Å². The third-order valence-corrected chi connectivity index (χ3v) is 5.18. The fourth-order valence-corrected chi connectivity index (χ4v) is 3.67. The third-order valence-electron chi connectivity index (χ3n) is 3.84. The first-order valence-corrected chi connectivity index (χ1v) is 9.85. The highest BCUT2D eigenvalue weighted by Crippen LogP contribution is 2.22. The minimum absolute atomic E-state index is 0.203. The Hall–Kier alpha value is -3.10. The number of nitrogens with one attached hydrogen (secondary N) is 1. The zero-order valence-corrected chi connectivity index (χ0v) is 16.7. The number of rotatable bonds is 4. The second-order valence-electron chi connectivity index (χ2n) is 5.78. The van der Waals surface area contributed by atoms with E-state index in [9.17, 15) is 9.59 Å². The monoisotopic (exact) mass is 453 g/mol. The van der Waals surface area contributed by atoms with E-state index in [2.05, 4.69) is 31.4 Å². The van der Waals surface area contributed by atoms with Crippen molar-refractivity contribution in [3.63, 3.8) is 0 Å². The fraction of sp³-hybridized carbons (Fsp3) is 0. The van der Waals surface area contributed by atoms with Crippen LogP contribution in [0.25, 0.3) is 22.2 Å². The quantitative estimate of drug-likeness (QED) is 0.281. The maximum Gasteiger partial charge on any atom is 0.345 e. The molecule has 0 unspecified atom stereocenters. The number of hydrazone groups is 1. The van der Waals surface area contributed by atoms with Gasteiger partial charge >= 0.3 is 5.63 Å². The topological polar surface area (TPSA) is 84.6 Å². The first kappa shape index (κ1) is 18.3. The van der Waals surface area contributed by atoms with E-state index in [-0.39, 0.29) is 5.01 Å². The SMILES string of the molecule is O=C(N/N=C/c1cccc(Br)c1)c1nc(-c2cc3ccccc3oc2=O)cs1. The number of para-hydroxylation sites is 1. The molecular formula is C20H12BrN3O3S. The lowest BCUT2D eigenvalue weighted by atomic mass is 10.1. The molecule has 0 saturated carbocycles. The van der Waals surface area contributed by atoms with Crippen LogP contribution in [0.5, 0.6) is 0 Å². The molecule has 0 bridgehead atoms. The number of hydrogen-bond donors (Lipinski definition) is 1. The Balaban J connectivity index is 1.53. The molecule has 28 heavy (non-hydrogen) atoms. The summed E-state index contributed by atoms with van der Waals surface area (Å²) >= 11 is 4.51. The van der Waals surface area contributed by atoms with E-state index in [1.807, 2.05) is 36.4 Å². The second kappa shape index (κ2) is 7.87. The minimum Gasteiger partial charge on any atom is -0.422 e. The summed E-state index contributed by atoms with van der Waals surface area (Å²) in [5, 5.41) is 6.58. The highest BCUT2D eigenvalue weighted by molar-refractivity contribution is 9.10. The zero-order valence-electron chi connectivity index (χ0n) is 14.3. The lowest BCUT2D eigenvalue weighted by molar-refractivity contribution is 0.0955. The largest absolute Gasteiger partial charge is 0.422 e. The summed E-state index contributed by atoms with van der Waals surface area (Å²) < 4.78 is 6.24. The number of benzene rings is 2. The summed E-state index contributed by atoms with van der Waals surface area (Å²) in [4.78, 5) is 28.7. The van der Waals surface area contributed by atoms with Gasteiger partial charge in [0.2, 0.25) is 0 Å². The number of amides is 1. The maximum atomic E-state index is 12.3. The van der Waals surface area contributed by atoms with Crippen LogP contribution in [0.1, 0.15) is 15.4 Å². The molecule has 4 aromatic rings. The summed E-state index contributed by atoms with van der Waals surface area (Å²) in [5.74, 6) is -0.451. The van der Waals surface area contributed by atoms with E-state index in [1.54, 1.807) is 23.6 Å². The predicted octanol–water partition coefficient (Wildman–Crippen LogP) is 4.44. The molecule has 2 aromatic heterocycles. The van der Waals surface area contributed by atoms with Crippen LogP contribution >= 0.6 is 27.3 Å². The first-order valence-electron chi connectivity index (χ1n) is 8.18. The molecule has 4 rings (SSSR count). The number of aromatic nitrogens is 1. The van der Waals surface area contributed by atoms with Crippen molar-refractivity contribution in [3.8, 4) is 11.3 Å². The van der Waals surface area contributed by atoms with Gasteiger partial charge in [-0.1, -0.05) is 46.3 Å². The van der Waals surface area contributed by atoms with Gasteiger partial charge in [0.25, 0.3) is 5.91 Å². The Morgan fingerprint density at radius 2 is 2.04 bits per heavy atom. The van der Waals surface area contributed by atoms with Crippen molar-refractivity contribution in [2.45, 2.75) is 0 Å². The molecular weight excluding hydrogens is 442 g/mol. The smallest absolute Gasteiger partial charge is 0.345 e. The fourth-order valence-electron chi connectivity index (χ4n) is 2.54. The first-order chi connectivity index (χ1) is 13.6. The Kier molecular flexibility index (Phi) is 5.14. The molecule has 0 aliphatic rings. The molecule has 0 radical (unpaired) electrons. The zero-order chi connectivity index (χ0) is 19.5. The van der Waals surface area contributed by atoms with Crippen molar-refractivity contribution < 1.29 is 9.21 Å². The molecule has 2 aromatic carbocycles. The minimum atomic E-state index is -0.497. The van der Waals surface area contributed by atoms with Gasteiger partial charge in [0.1, 0.15) is 5.58 Å². The van der Waals surface area contributed by atoms with Crippen LogP contribution in [0.3, 0.4) is 0 Å². The molecule has 0 atom stereocenters. The van der Waals surface area contributed by atoms with Crippen LogP contribution in [0.4, 0.5) is 0 Å². The van der Waals surface area contributed by atoms with Gasteiger partial charge in [-0.05, 0) is 29.8 Å². The van der Waals surface area contributed by atoms with Crippen molar-refractivity contribution >= 4 is 50.4 Å². The van der Waals surface area contributed by atoms with Gasteiger partial charge in [0.05, 0.1) is 17.5 Å². The van der Waals surface area contributed by atoms with Crippen molar-refractivity contribution in [3.05, 3.63) is 85.4 Å². The van der Waals surface area contributed by atoms with E-state index < -0.39 is 11.5 Å². The predicted molar refractivity (Wildman–Crippen MR) is 113 cm³/mol. The standard InChI is InChI=1S/C20H12BrN3O3S/c21-14-6-3-4-12(8-14)10-22-24-18(25)19-23-16(11-28-19)15-9-13-5-1-2-7-17(13)27-20(15)26/h1-11H,(H,24,25)/b22-10+. The molecule has 0 fully saturated rings. The summed E-state index contributed by atoms with van der Waals surface area (Å²) in [5.41, 5.74) is 3.99. The number of carbonyl (C=O) groups is 1. The van der Waals surface area contributed by atoms with E-state index in [0.29, 0.717) is 16.8 Å². The molecule has 1 N–H and O–H groups in total. The van der Waals surface area contributed by atoms with Crippen molar-refractivity contribution in [2.24, 2.45) is 5.10 Å². The van der Waals surface area contributed by atoms with Gasteiger partial charge in [-0.25, -0.2) is 15.2 Å². The van der Waals surface area contributed by atoms with Gasteiger partial charge < -0.3 is 4.42 Å². The number of hydrogen-bond acceptors (Lipinski definition) is 6. The molecule has 0 spiro atoms. The molecule has 0 aliphatic carbocycles. The van der Waals surface area contributed by atoms with Crippen LogP contribution in [0.2, 0.25) is 0 Å². The molecule has 0 saturated heterocycles. The molecule has 138 valence electrons. The molecule has 1 amide bonds. The maximum absolute atomic E-state index is 12.3. The van der Waals surface area contributed by atoms with Gasteiger partial charge in [0, 0.05) is 15.2 Å². The van der Waals surface area contributed by atoms with Crippen LogP contribution in [0, 0.1) is 0 Å². The third kappa shape index (κ3) is 3.92. The normalized spacial score (nSPS) is 11.2. The average molecular weight is 454 g/mol. The van der Waals surface area contributed by atoms with Gasteiger partial charge in [-0.2, -0.15) is 5.10 Å². The lowest BCUT2D eigenvalue weighted by Crippen LogP contribution is -2.17. The van der Waals surface area contributed by atoms with Gasteiger partial charge in [0.15, 0.2) is 5.01 Å². The number of carbonyl (C=O) groups excluding carboxylic acids is 1. The van der Waals surface area contributed by atoms with Crippen molar-refractivity contribution in [1.29, 1.82) is 0 Å². The molecule has 0 aliphatic heterocycles. The number of thiazole rings is 1. The van der Waals surface area contributed by atoms with Gasteiger partial charge in [-0.3, -0.25) is 4.79 Å². The summed E-state index contributed by atoms with van der Waals surface area (Å²) in [6, 6.07) is 16.4. The summed E-state index contributed by atoms with van der Waals surface area (Å²) in [7, 11) is 0. The highest BCUT2D eigenvalue weighted by atomic mass is 79.9. The lowest BCUT2D eigenvalue weighted by Gasteiger charge is -1.99. The van der Waals surface area contributed by atoms with E-state index in [4.69, 9.17) is 4.42 Å². The highest BCUT2D eigenvalue weighted by Gasteiger charge is 2.15. The number of nitrogens with zero attached hydrogens (tertiary/aromatic N) is 2. The Bertz CT molecular complexity index is 1260. The number of fused-ring (bicyclic) bond motifs is 1. The van der Waals surface area contributed by atoms with Crippen molar-refractivity contribution in [1.82, 2.24) is 10.4 Å². The van der Waals surface area contributed by atoms with Gasteiger partial charge in [-0.15, -0.1) is 11.3 Å². The van der Waals surface area contributed by atoms with E-state index in [1.165, 1.54) is 6.21 Å². The van der Waals surface area contributed by atoms with E-state index in [0.717, 1.165) is 26.8 Å². The van der Waals surface area contributed by atoms with Crippen LogP contribution in [-0.4, -0.2) is 17.1 Å². The average Bonchev–Trinajstić information content (AvgIpc) is 3.17. The molecule has 8 heteroatoms. The Morgan fingerprint density at radius 3 is 2.89 bits per heavy atom. The summed E-state index contributed by atoms with van der Waals surface area (Å²) in [6.45, 7) is 0. The second-order valence-corrected chi connectivity index (χ2v) is 7.55. The Morgan fingerprint density at radius 1 is 1.18 bits per heavy atom. The number of halogens is 1. The molecule has 2 heterocycles. The Labute approximate surface area is 171 Å². The van der Waals surface area contributed by atoms with Crippen molar-refractivity contribution in [2.75, 3.05) is 0 Å². The van der Waals surface area contributed by atoms with Crippen LogP contribution in [-0.2, 0) is 0 Å². The molecule has 6 nitrogen and oxygen atoms in total. The van der Waals surface area contributed by atoms with E-state index >= 15 is 0 Å².